The van der Waals surface area contributed by atoms with Crippen molar-refractivity contribution in [2.75, 3.05) is 11.9 Å². The maximum Gasteiger partial charge on any atom is 0.251 e. The van der Waals surface area contributed by atoms with Gasteiger partial charge < -0.3 is 10.6 Å². The zero-order valence-electron chi connectivity index (χ0n) is 11.2. The Morgan fingerprint density at radius 3 is 2.45 bits per heavy atom. The molecule has 7 heteroatoms. The summed E-state index contributed by atoms with van der Waals surface area (Å²) >= 11 is 8.89. The van der Waals surface area contributed by atoms with Crippen LogP contribution in [0.1, 0.15) is 10.4 Å². The molecule has 0 aliphatic carbocycles. The van der Waals surface area contributed by atoms with Crippen molar-refractivity contribution in [2.24, 2.45) is 0 Å². The molecule has 0 aliphatic rings. The Morgan fingerprint density at radius 1 is 1.14 bits per heavy atom. The van der Waals surface area contributed by atoms with Crippen LogP contribution < -0.4 is 10.6 Å². The summed E-state index contributed by atoms with van der Waals surface area (Å²) in [7, 11) is 0. The van der Waals surface area contributed by atoms with Crippen molar-refractivity contribution < 1.29 is 14.0 Å². The molecule has 0 fully saturated rings. The second-order valence-electron chi connectivity index (χ2n) is 4.36. The zero-order chi connectivity index (χ0) is 16.1. The normalized spacial score (nSPS) is 10.1. The van der Waals surface area contributed by atoms with Crippen LogP contribution in [0.25, 0.3) is 0 Å². The summed E-state index contributed by atoms with van der Waals surface area (Å²) in [5, 5.41) is 5.05. The van der Waals surface area contributed by atoms with Crippen molar-refractivity contribution in [3.05, 3.63) is 63.3 Å². The minimum atomic E-state index is -0.639. The first-order valence-electron chi connectivity index (χ1n) is 6.24. The molecule has 2 aromatic carbocycles. The number of rotatable bonds is 4. The van der Waals surface area contributed by atoms with Crippen LogP contribution in [0, 0.1) is 5.82 Å². The molecule has 22 heavy (non-hydrogen) atoms. The predicted octanol–water partition coefficient (Wildman–Crippen LogP) is 3.61. The van der Waals surface area contributed by atoms with E-state index in [0.29, 0.717) is 5.56 Å². The van der Waals surface area contributed by atoms with Crippen molar-refractivity contribution >= 4 is 45.0 Å². The van der Waals surface area contributed by atoms with E-state index in [2.05, 4.69) is 26.6 Å². The van der Waals surface area contributed by atoms with Crippen LogP contribution >= 0.6 is 27.5 Å². The van der Waals surface area contributed by atoms with Gasteiger partial charge >= 0.3 is 0 Å². The molecule has 0 saturated carbocycles. The van der Waals surface area contributed by atoms with E-state index in [4.69, 9.17) is 11.6 Å². The molecule has 0 unspecified atom stereocenters. The Bertz CT molecular complexity index is 707. The number of carbonyl (C=O) groups excluding carboxylic acids is 2. The summed E-state index contributed by atoms with van der Waals surface area (Å²) in [5.41, 5.74) is 0.431. The first kappa shape index (κ1) is 16.5. The van der Waals surface area contributed by atoms with E-state index in [1.54, 1.807) is 24.3 Å². The van der Waals surface area contributed by atoms with Crippen LogP contribution in [-0.2, 0) is 4.79 Å². The van der Waals surface area contributed by atoms with E-state index in [-0.39, 0.29) is 23.2 Å². The van der Waals surface area contributed by atoms with Gasteiger partial charge in [0.2, 0.25) is 5.91 Å². The van der Waals surface area contributed by atoms with Gasteiger partial charge in [-0.15, -0.1) is 0 Å². The fraction of sp³-hybridized carbons (Fsp3) is 0.0667. The number of benzene rings is 2. The predicted molar refractivity (Wildman–Crippen MR) is 86.5 cm³/mol. The van der Waals surface area contributed by atoms with Crippen molar-refractivity contribution in [2.45, 2.75) is 0 Å². The molecule has 114 valence electrons. The summed E-state index contributed by atoms with van der Waals surface area (Å²) in [5.74, 6) is -1.56. The number of halogens is 3. The first-order chi connectivity index (χ1) is 10.5. The highest BCUT2D eigenvalue weighted by molar-refractivity contribution is 9.10. The molecular weight excluding hydrogens is 375 g/mol. The van der Waals surface area contributed by atoms with E-state index in [1.165, 1.54) is 12.1 Å². The van der Waals surface area contributed by atoms with E-state index < -0.39 is 11.7 Å². The molecule has 0 bridgehead atoms. The Kier molecular flexibility index (Phi) is 5.51. The number of carbonyl (C=O) groups is 2. The lowest BCUT2D eigenvalue weighted by atomic mass is 10.2. The third-order valence-electron chi connectivity index (χ3n) is 2.72. The average Bonchev–Trinajstić information content (AvgIpc) is 2.48. The van der Waals surface area contributed by atoms with Crippen LogP contribution in [0.4, 0.5) is 10.1 Å². The highest BCUT2D eigenvalue weighted by Crippen LogP contribution is 2.18. The van der Waals surface area contributed by atoms with E-state index in [1.807, 2.05) is 0 Å². The minimum Gasteiger partial charge on any atom is -0.343 e. The smallest absolute Gasteiger partial charge is 0.251 e. The Labute approximate surface area is 139 Å². The fourth-order valence-corrected chi connectivity index (χ4v) is 2.07. The summed E-state index contributed by atoms with van der Waals surface area (Å²) in [6.07, 6.45) is 0. The van der Waals surface area contributed by atoms with Crippen LogP contribution in [0.2, 0.25) is 5.02 Å². The van der Waals surface area contributed by atoms with Gasteiger partial charge in [0, 0.05) is 15.1 Å². The number of amides is 2. The highest BCUT2D eigenvalue weighted by Gasteiger charge is 2.10. The van der Waals surface area contributed by atoms with Gasteiger partial charge in [0.1, 0.15) is 5.82 Å². The number of nitrogens with one attached hydrogen (secondary N) is 2. The van der Waals surface area contributed by atoms with Gasteiger partial charge in [-0.1, -0.05) is 27.5 Å². The number of hydrogen-bond acceptors (Lipinski definition) is 2. The van der Waals surface area contributed by atoms with E-state index in [0.717, 1.165) is 10.5 Å². The van der Waals surface area contributed by atoms with Crippen molar-refractivity contribution in [1.29, 1.82) is 0 Å². The lowest BCUT2D eigenvalue weighted by Gasteiger charge is -2.08. The second-order valence-corrected chi connectivity index (χ2v) is 5.71. The molecule has 0 spiro atoms. The molecule has 0 aromatic heterocycles. The quantitative estimate of drug-likeness (QED) is 0.845. The molecule has 2 aromatic rings. The van der Waals surface area contributed by atoms with Gasteiger partial charge in [0.05, 0.1) is 12.2 Å². The second kappa shape index (κ2) is 7.38. The molecule has 0 atom stereocenters. The van der Waals surface area contributed by atoms with Crippen molar-refractivity contribution in [1.82, 2.24) is 5.32 Å². The maximum atomic E-state index is 13.5. The van der Waals surface area contributed by atoms with Gasteiger partial charge in [-0.25, -0.2) is 4.39 Å². The summed E-state index contributed by atoms with van der Waals surface area (Å²) < 4.78 is 14.4. The molecule has 2 N–H and O–H groups in total. The van der Waals surface area contributed by atoms with Crippen molar-refractivity contribution in [3.8, 4) is 0 Å². The minimum absolute atomic E-state index is 0.00675. The van der Waals surface area contributed by atoms with E-state index in [9.17, 15) is 14.0 Å². The standard InChI is InChI=1S/C15H11BrClFN2O2/c16-10-3-1-9(2-4-10)15(22)19-8-14(21)20-13-6-5-11(17)7-12(13)18/h1-7H,8H2,(H,19,22)(H,20,21). The summed E-state index contributed by atoms with van der Waals surface area (Å²) in [4.78, 5) is 23.5. The zero-order valence-corrected chi connectivity index (χ0v) is 13.5. The molecule has 0 aliphatic heterocycles. The topological polar surface area (TPSA) is 58.2 Å². The SMILES string of the molecule is O=C(CNC(=O)c1ccc(Br)cc1)Nc1ccc(Cl)cc1F. The van der Waals surface area contributed by atoms with Crippen LogP contribution in [0.3, 0.4) is 0 Å². The highest BCUT2D eigenvalue weighted by atomic mass is 79.9. The Hall–Kier alpha value is -1.92. The molecule has 2 rings (SSSR count). The first-order valence-corrected chi connectivity index (χ1v) is 7.41. The lowest BCUT2D eigenvalue weighted by molar-refractivity contribution is -0.115. The fourth-order valence-electron chi connectivity index (χ4n) is 1.65. The average molecular weight is 386 g/mol. The van der Waals surface area contributed by atoms with Gasteiger partial charge in [-0.05, 0) is 42.5 Å². The molecule has 0 heterocycles. The number of anilines is 1. The third kappa shape index (κ3) is 4.54. The molecule has 4 nitrogen and oxygen atoms in total. The van der Waals surface area contributed by atoms with Crippen LogP contribution in [0.5, 0.6) is 0 Å². The van der Waals surface area contributed by atoms with Gasteiger partial charge in [0.15, 0.2) is 0 Å². The van der Waals surface area contributed by atoms with Crippen LogP contribution in [-0.4, -0.2) is 18.4 Å². The monoisotopic (exact) mass is 384 g/mol. The summed E-state index contributed by atoms with van der Waals surface area (Å²) in [6.45, 7) is -0.267. The Balaban J connectivity index is 1.89. The van der Waals surface area contributed by atoms with Gasteiger partial charge in [0.25, 0.3) is 5.91 Å². The van der Waals surface area contributed by atoms with Gasteiger partial charge in [-0.2, -0.15) is 0 Å². The lowest BCUT2D eigenvalue weighted by Crippen LogP contribution is -2.33. The number of hydrogen-bond donors (Lipinski definition) is 2. The maximum absolute atomic E-state index is 13.5. The molecule has 0 radical (unpaired) electrons. The van der Waals surface area contributed by atoms with Crippen molar-refractivity contribution in [3.63, 3.8) is 0 Å². The summed E-state index contributed by atoms with van der Waals surface area (Å²) in [6, 6.07) is 10.6. The third-order valence-corrected chi connectivity index (χ3v) is 3.48. The van der Waals surface area contributed by atoms with Crippen LogP contribution in [0.15, 0.2) is 46.9 Å². The largest absolute Gasteiger partial charge is 0.343 e. The molecular formula is C15H11BrClFN2O2. The molecule has 2 amide bonds. The van der Waals surface area contributed by atoms with Gasteiger partial charge in [-0.3, -0.25) is 9.59 Å². The molecule has 0 saturated heterocycles. The van der Waals surface area contributed by atoms with E-state index >= 15 is 0 Å². The Morgan fingerprint density at radius 2 is 1.82 bits per heavy atom.